The van der Waals surface area contributed by atoms with Crippen molar-refractivity contribution in [1.82, 2.24) is 10.2 Å². The second-order valence-corrected chi connectivity index (χ2v) is 6.90. The number of likely N-dealkylation sites (tertiary alicyclic amines) is 1. The molecule has 6 heteroatoms. The molecule has 3 heterocycles. The van der Waals surface area contributed by atoms with Crippen LogP contribution in [0.15, 0.2) is 16.8 Å². The van der Waals surface area contributed by atoms with E-state index in [2.05, 4.69) is 29.1 Å². The average Bonchev–Trinajstić information content (AvgIpc) is 3.07. The van der Waals surface area contributed by atoms with Crippen molar-refractivity contribution in [3.63, 3.8) is 0 Å². The van der Waals surface area contributed by atoms with Crippen molar-refractivity contribution in [3.8, 4) is 0 Å². The predicted octanol–water partition coefficient (Wildman–Crippen LogP) is 2.28. The summed E-state index contributed by atoms with van der Waals surface area (Å²) in [6, 6.07) is 2.06. The number of hydrogen-bond donors (Lipinski definition) is 1. The highest BCUT2D eigenvalue weighted by Gasteiger charge is 2.38. The highest BCUT2D eigenvalue weighted by atomic mass is 32.2. The quantitative estimate of drug-likeness (QED) is 0.911. The van der Waals surface area contributed by atoms with Crippen LogP contribution >= 0.6 is 23.1 Å². The normalized spacial score (nSPS) is 30.7. The van der Waals surface area contributed by atoms with Gasteiger partial charge in [-0.25, -0.2) is 0 Å². The molecule has 1 aromatic heterocycles. The predicted molar refractivity (Wildman–Crippen MR) is 77.6 cm³/mol. The van der Waals surface area contributed by atoms with E-state index in [1.807, 2.05) is 4.90 Å². The Bertz CT molecular complexity index is 489. The van der Waals surface area contributed by atoms with E-state index in [9.17, 15) is 9.59 Å². The molecule has 0 radical (unpaired) electrons. The maximum atomic E-state index is 12.4. The summed E-state index contributed by atoms with van der Waals surface area (Å²) in [7, 11) is 0. The summed E-state index contributed by atoms with van der Waals surface area (Å²) >= 11 is 2.90. The van der Waals surface area contributed by atoms with Crippen LogP contribution in [0.1, 0.15) is 24.8 Å². The van der Waals surface area contributed by atoms with Gasteiger partial charge in [0.15, 0.2) is 0 Å². The molecule has 0 spiro atoms. The number of amides is 2. The molecule has 3 rings (SSSR count). The highest BCUT2D eigenvalue weighted by molar-refractivity contribution is 8.14. The zero-order valence-corrected chi connectivity index (χ0v) is 12.3. The van der Waals surface area contributed by atoms with Crippen molar-refractivity contribution in [2.45, 2.75) is 31.3 Å². The highest BCUT2D eigenvalue weighted by Crippen LogP contribution is 2.33. The van der Waals surface area contributed by atoms with Crippen LogP contribution in [0.4, 0.5) is 4.79 Å². The van der Waals surface area contributed by atoms with E-state index in [0.717, 1.165) is 13.0 Å². The summed E-state index contributed by atoms with van der Waals surface area (Å²) in [5, 5.41) is 6.90. The lowest BCUT2D eigenvalue weighted by molar-refractivity contribution is -0.133. The smallest absolute Gasteiger partial charge is 0.279 e. The van der Waals surface area contributed by atoms with Crippen LogP contribution in [0, 0.1) is 0 Å². The molecule has 2 aliphatic rings. The number of carbonyl (C=O) groups is 2. The van der Waals surface area contributed by atoms with Crippen molar-refractivity contribution in [3.05, 3.63) is 22.4 Å². The lowest BCUT2D eigenvalue weighted by Crippen LogP contribution is -2.46. The van der Waals surface area contributed by atoms with Crippen LogP contribution in [0.3, 0.4) is 0 Å². The first-order valence-corrected chi connectivity index (χ1v) is 8.34. The Morgan fingerprint density at radius 2 is 2.37 bits per heavy atom. The van der Waals surface area contributed by atoms with Gasteiger partial charge in [-0.05, 0) is 35.7 Å². The molecular formula is C13H16N2O2S2. The van der Waals surface area contributed by atoms with E-state index in [1.165, 1.54) is 17.3 Å². The Morgan fingerprint density at radius 3 is 3.00 bits per heavy atom. The minimum Gasteiger partial charge on any atom is -0.338 e. The monoisotopic (exact) mass is 296 g/mol. The molecule has 3 atom stereocenters. The standard InChI is InChI=1S/C13H16N2O2S2/c1-8-4-10(9-2-3-18-6-9)5-15(8)12(16)11-7-19-13(17)14-11/h2-3,6,8,10-11H,4-5,7H2,1H3,(H,14,17). The van der Waals surface area contributed by atoms with Crippen molar-refractivity contribution >= 4 is 34.2 Å². The van der Waals surface area contributed by atoms with Crippen molar-refractivity contribution in [2.75, 3.05) is 12.3 Å². The number of thiophene rings is 1. The number of thioether (sulfide) groups is 1. The van der Waals surface area contributed by atoms with Gasteiger partial charge in [-0.2, -0.15) is 11.3 Å². The maximum Gasteiger partial charge on any atom is 0.279 e. The fourth-order valence-corrected chi connectivity index (χ4v) is 4.32. The molecule has 1 aromatic rings. The van der Waals surface area contributed by atoms with Gasteiger partial charge in [0.05, 0.1) is 0 Å². The third-order valence-corrected chi connectivity index (χ3v) is 5.43. The molecule has 3 unspecified atom stereocenters. The first-order chi connectivity index (χ1) is 9.15. The summed E-state index contributed by atoms with van der Waals surface area (Å²) < 4.78 is 0. The van der Waals surface area contributed by atoms with Crippen molar-refractivity contribution < 1.29 is 9.59 Å². The summed E-state index contributed by atoms with van der Waals surface area (Å²) in [5.41, 5.74) is 1.33. The molecule has 102 valence electrons. The molecule has 0 aromatic carbocycles. The first-order valence-electron chi connectivity index (χ1n) is 6.41. The van der Waals surface area contributed by atoms with E-state index < -0.39 is 0 Å². The van der Waals surface area contributed by atoms with Gasteiger partial charge in [-0.3, -0.25) is 9.59 Å². The van der Waals surface area contributed by atoms with Crippen LogP contribution < -0.4 is 5.32 Å². The zero-order chi connectivity index (χ0) is 13.4. The largest absolute Gasteiger partial charge is 0.338 e. The van der Waals surface area contributed by atoms with Crippen LogP contribution in [0.2, 0.25) is 0 Å². The molecule has 2 aliphatic heterocycles. The van der Waals surface area contributed by atoms with E-state index >= 15 is 0 Å². The van der Waals surface area contributed by atoms with Crippen LogP contribution in [0.5, 0.6) is 0 Å². The minimum atomic E-state index is -0.332. The lowest BCUT2D eigenvalue weighted by atomic mass is 10.00. The number of carbonyl (C=O) groups excluding carboxylic acids is 2. The van der Waals surface area contributed by atoms with Crippen LogP contribution in [-0.2, 0) is 4.79 Å². The maximum absolute atomic E-state index is 12.4. The second kappa shape index (κ2) is 5.17. The molecule has 2 fully saturated rings. The van der Waals surface area contributed by atoms with Gasteiger partial charge in [0, 0.05) is 24.3 Å². The fourth-order valence-electron chi connectivity index (χ4n) is 2.80. The average molecular weight is 296 g/mol. The fraction of sp³-hybridized carbons (Fsp3) is 0.538. The summed E-state index contributed by atoms with van der Waals surface area (Å²) in [6.45, 7) is 2.86. The van der Waals surface area contributed by atoms with E-state index in [1.54, 1.807) is 11.3 Å². The van der Waals surface area contributed by atoms with Gasteiger partial charge < -0.3 is 10.2 Å². The Morgan fingerprint density at radius 1 is 1.53 bits per heavy atom. The van der Waals surface area contributed by atoms with Crippen molar-refractivity contribution in [1.29, 1.82) is 0 Å². The molecule has 0 aliphatic carbocycles. The van der Waals surface area contributed by atoms with Gasteiger partial charge in [-0.15, -0.1) is 0 Å². The zero-order valence-electron chi connectivity index (χ0n) is 10.7. The number of rotatable bonds is 2. The molecule has 2 amide bonds. The van der Waals surface area contributed by atoms with Crippen LogP contribution in [-0.4, -0.2) is 40.4 Å². The van der Waals surface area contributed by atoms with Gasteiger partial charge in [0.25, 0.3) is 5.24 Å². The minimum absolute atomic E-state index is 0.0728. The molecule has 4 nitrogen and oxygen atoms in total. The molecule has 19 heavy (non-hydrogen) atoms. The van der Waals surface area contributed by atoms with Gasteiger partial charge >= 0.3 is 0 Å². The molecule has 1 N–H and O–H groups in total. The van der Waals surface area contributed by atoms with Crippen molar-refractivity contribution in [2.24, 2.45) is 0 Å². The van der Waals surface area contributed by atoms with E-state index in [4.69, 9.17) is 0 Å². The Labute approximate surface area is 120 Å². The molecular weight excluding hydrogens is 280 g/mol. The Kier molecular flexibility index (Phi) is 3.54. The van der Waals surface area contributed by atoms with Gasteiger partial charge in [0.2, 0.25) is 5.91 Å². The van der Waals surface area contributed by atoms with E-state index in [-0.39, 0.29) is 23.2 Å². The first kappa shape index (κ1) is 13.0. The number of hydrogen-bond acceptors (Lipinski definition) is 4. The molecule has 0 saturated carbocycles. The van der Waals surface area contributed by atoms with E-state index in [0.29, 0.717) is 11.7 Å². The topological polar surface area (TPSA) is 49.4 Å². The summed E-state index contributed by atoms with van der Waals surface area (Å²) in [5.74, 6) is 1.07. The SMILES string of the molecule is CC1CC(c2ccsc2)CN1C(=O)C1CSC(=O)N1. The summed E-state index contributed by atoms with van der Waals surface area (Å²) in [6.07, 6.45) is 1.01. The van der Waals surface area contributed by atoms with Gasteiger partial charge in [0.1, 0.15) is 6.04 Å². The summed E-state index contributed by atoms with van der Waals surface area (Å²) in [4.78, 5) is 25.5. The Hall–Kier alpha value is -1.01. The molecule has 2 saturated heterocycles. The van der Waals surface area contributed by atoms with Crippen LogP contribution in [0.25, 0.3) is 0 Å². The van der Waals surface area contributed by atoms with Gasteiger partial charge in [-0.1, -0.05) is 11.8 Å². The number of nitrogens with zero attached hydrogens (tertiary/aromatic N) is 1. The Balaban J connectivity index is 1.68. The second-order valence-electron chi connectivity index (χ2n) is 5.12. The number of nitrogens with one attached hydrogen (secondary N) is 1. The molecule has 0 bridgehead atoms. The third-order valence-electron chi connectivity index (χ3n) is 3.84. The lowest BCUT2D eigenvalue weighted by Gasteiger charge is -2.24. The third kappa shape index (κ3) is 2.51.